The Morgan fingerprint density at radius 3 is 2.48 bits per heavy atom. The van der Waals surface area contributed by atoms with Crippen LogP contribution in [0, 0.1) is 5.92 Å². The number of rotatable bonds is 5. The average Bonchev–Trinajstić information content (AvgIpc) is 2.95. The molecule has 2 aromatic rings. The average molecular weight is 341 g/mol. The van der Waals surface area contributed by atoms with Gasteiger partial charge in [-0.05, 0) is 36.1 Å². The van der Waals surface area contributed by atoms with Crippen LogP contribution in [0.3, 0.4) is 0 Å². The largest absolute Gasteiger partial charge is 0.335 e. The summed E-state index contributed by atoms with van der Waals surface area (Å²) < 4.78 is 1.73. The molecule has 2 aromatic heterocycles. The second-order valence-electron chi connectivity index (χ2n) is 7.17. The van der Waals surface area contributed by atoms with Crippen LogP contribution in [-0.4, -0.2) is 56.7 Å². The maximum absolute atomic E-state index is 12.8. The second kappa shape index (κ2) is 7.78. The van der Waals surface area contributed by atoms with Crippen molar-refractivity contribution in [3.05, 3.63) is 47.5 Å². The van der Waals surface area contributed by atoms with Crippen molar-refractivity contribution in [3.63, 3.8) is 0 Å². The lowest BCUT2D eigenvalue weighted by Gasteiger charge is -2.34. The maximum atomic E-state index is 12.8. The Bertz CT molecular complexity index is 702. The molecule has 0 aromatic carbocycles. The van der Waals surface area contributed by atoms with Gasteiger partial charge in [0, 0.05) is 52.2 Å². The minimum absolute atomic E-state index is 0.0913. The first-order valence-corrected chi connectivity index (χ1v) is 8.96. The number of carbonyl (C=O) groups is 1. The lowest BCUT2D eigenvalue weighted by Crippen LogP contribution is -2.48. The normalized spacial score (nSPS) is 15.8. The molecule has 0 unspecified atom stereocenters. The monoisotopic (exact) mass is 341 g/mol. The molecule has 0 spiro atoms. The lowest BCUT2D eigenvalue weighted by molar-refractivity contribution is 0.0617. The molecule has 1 aliphatic heterocycles. The summed E-state index contributed by atoms with van der Waals surface area (Å²) in [6.07, 6.45) is 4.55. The van der Waals surface area contributed by atoms with E-state index >= 15 is 0 Å². The van der Waals surface area contributed by atoms with Gasteiger partial charge in [0.1, 0.15) is 5.69 Å². The first kappa shape index (κ1) is 17.6. The van der Waals surface area contributed by atoms with Gasteiger partial charge in [-0.1, -0.05) is 13.8 Å². The van der Waals surface area contributed by atoms with Crippen LogP contribution in [0.2, 0.25) is 0 Å². The van der Waals surface area contributed by atoms with E-state index in [4.69, 9.17) is 0 Å². The second-order valence-corrected chi connectivity index (χ2v) is 7.17. The molecule has 6 nitrogen and oxygen atoms in total. The third-order valence-corrected chi connectivity index (χ3v) is 4.58. The molecular weight excluding hydrogens is 314 g/mol. The first-order valence-electron chi connectivity index (χ1n) is 8.96. The van der Waals surface area contributed by atoms with Gasteiger partial charge in [-0.25, -0.2) is 0 Å². The van der Waals surface area contributed by atoms with E-state index < -0.39 is 0 Å². The van der Waals surface area contributed by atoms with Crippen molar-refractivity contribution in [1.82, 2.24) is 24.6 Å². The number of hydrogen-bond donors (Lipinski definition) is 0. The van der Waals surface area contributed by atoms with E-state index in [2.05, 4.69) is 28.8 Å². The summed E-state index contributed by atoms with van der Waals surface area (Å²) in [4.78, 5) is 21.2. The van der Waals surface area contributed by atoms with Crippen molar-refractivity contribution < 1.29 is 4.79 Å². The minimum atomic E-state index is 0.0913. The molecule has 0 radical (unpaired) electrons. The Hall–Kier alpha value is -2.21. The van der Waals surface area contributed by atoms with Gasteiger partial charge >= 0.3 is 0 Å². The van der Waals surface area contributed by atoms with Crippen LogP contribution in [0.5, 0.6) is 0 Å². The molecule has 0 saturated carbocycles. The molecule has 0 N–H and O–H groups in total. The highest BCUT2D eigenvalue weighted by atomic mass is 16.2. The molecule has 1 saturated heterocycles. The topological polar surface area (TPSA) is 54.3 Å². The number of carbonyl (C=O) groups excluding carboxylic acids is 1. The number of aromatic nitrogens is 3. The molecule has 25 heavy (non-hydrogen) atoms. The fraction of sp³-hybridized carbons (Fsp3) is 0.526. The van der Waals surface area contributed by atoms with Crippen LogP contribution in [0.15, 0.2) is 30.6 Å². The van der Waals surface area contributed by atoms with Gasteiger partial charge < -0.3 is 4.90 Å². The van der Waals surface area contributed by atoms with Crippen LogP contribution in [0.4, 0.5) is 0 Å². The highest BCUT2D eigenvalue weighted by Gasteiger charge is 2.24. The number of aryl methyl sites for hydroxylation is 1. The van der Waals surface area contributed by atoms with Crippen LogP contribution in [0.25, 0.3) is 0 Å². The van der Waals surface area contributed by atoms with Crippen molar-refractivity contribution in [2.24, 2.45) is 13.0 Å². The molecule has 1 fully saturated rings. The van der Waals surface area contributed by atoms with Crippen LogP contribution in [-0.2, 0) is 20.0 Å². The van der Waals surface area contributed by atoms with E-state index in [-0.39, 0.29) is 5.91 Å². The van der Waals surface area contributed by atoms with Crippen molar-refractivity contribution >= 4 is 5.91 Å². The Morgan fingerprint density at radius 1 is 1.16 bits per heavy atom. The molecule has 134 valence electrons. The number of nitrogens with zero attached hydrogens (tertiary/aromatic N) is 5. The molecule has 0 atom stereocenters. The highest BCUT2D eigenvalue weighted by Crippen LogP contribution is 2.14. The predicted octanol–water partition coefficient (Wildman–Crippen LogP) is 1.97. The van der Waals surface area contributed by atoms with Crippen LogP contribution < -0.4 is 0 Å². The molecule has 0 bridgehead atoms. The fourth-order valence-corrected chi connectivity index (χ4v) is 3.26. The van der Waals surface area contributed by atoms with E-state index in [0.29, 0.717) is 11.6 Å². The Balaban J connectivity index is 1.57. The SMILES string of the molecule is CC(C)Cc1cc(C(=O)N2CCN(Cc3ccncc3)CC2)n(C)n1. The summed E-state index contributed by atoms with van der Waals surface area (Å²) in [5.74, 6) is 0.628. The van der Waals surface area contributed by atoms with Crippen molar-refractivity contribution in [2.75, 3.05) is 26.2 Å². The first-order chi connectivity index (χ1) is 12.0. The van der Waals surface area contributed by atoms with E-state index in [1.807, 2.05) is 42.5 Å². The Kier molecular flexibility index (Phi) is 5.48. The Morgan fingerprint density at radius 2 is 1.84 bits per heavy atom. The summed E-state index contributed by atoms with van der Waals surface area (Å²) in [6, 6.07) is 6.04. The van der Waals surface area contributed by atoms with Gasteiger partial charge in [0.15, 0.2) is 0 Å². The number of piperazine rings is 1. The van der Waals surface area contributed by atoms with E-state index in [1.165, 1.54) is 5.56 Å². The van der Waals surface area contributed by atoms with Gasteiger partial charge in [-0.15, -0.1) is 0 Å². The summed E-state index contributed by atoms with van der Waals surface area (Å²) in [6.45, 7) is 8.55. The third-order valence-electron chi connectivity index (χ3n) is 4.58. The van der Waals surface area contributed by atoms with Crippen LogP contribution >= 0.6 is 0 Å². The van der Waals surface area contributed by atoms with Gasteiger partial charge in [0.25, 0.3) is 5.91 Å². The zero-order chi connectivity index (χ0) is 17.8. The third kappa shape index (κ3) is 4.45. The molecule has 1 aliphatic rings. The zero-order valence-electron chi connectivity index (χ0n) is 15.4. The summed E-state index contributed by atoms with van der Waals surface area (Å²) >= 11 is 0. The van der Waals surface area contributed by atoms with Crippen molar-refractivity contribution in [1.29, 1.82) is 0 Å². The summed E-state index contributed by atoms with van der Waals surface area (Å²) in [5, 5.41) is 4.49. The van der Waals surface area contributed by atoms with Gasteiger partial charge in [0.2, 0.25) is 0 Å². The van der Waals surface area contributed by atoms with E-state index in [1.54, 1.807) is 4.68 Å². The molecule has 1 amide bonds. The van der Waals surface area contributed by atoms with Crippen molar-refractivity contribution in [3.8, 4) is 0 Å². The minimum Gasteiger partial charge on any atom is -0.335 e. The lowest BCUT2D eigenvalue weighted by atomic mass is 10.1. The summed E-state index contributed by atoms with van der Waals surface area (Å²) in [7, 11) is 1.86. The van der Waals surface area contributed by atoms with Gasteiger partial charge in [0.05, 0.1) is 5.69 Å². The fourth-order valence-electron chi connectivity index (χ4n) is 3.26. The molecule has 0 aliphatic carbocycles. The molecular formula is C19H27N5O. The van der Waals surface area contributed by atoms with E-state index in [0.717, 1.165) is 44.8 Å². The highest BCUT2D eigenvalue weighted by molar-refractivity contribution is 5.92. The molecule has 3 rings (SSSR count). The molecule has 6 heteroatoms. The number of hydrogen-bond acceptors (Lipinski definition) is 4. The maximum Gasteiger partial charge on any atom is 0.272 e. The van der Waals surface area contributed by atoms with Crippen LogP contribution in [0.1, 0.15) is 35.6 Å². The number of pyridine rings is 1. The molecule has 3 heterocycles. The van der Waals surface area contributed by atoms with E-state index in [9.17, 15) is 4.79 Å². The Labute approximate surface area is 149 Å². The predicted molar refractivity (Wildman–Crippen MR) is 97.2 cm³/mol. The smallest absolute Gasteiger partial charge is 0.272 e. The van der Waals surface area contributed by atoms with Crippen molar-refractivity contribution in [2.45, 2.75) is 26.8 Å². The number of amides is 1. The van der Waals surface area contributed by atoms with Gasteiger partial charge in [-0.2, -0.15) is 5.10 Å². The standard InChI is InChI=1S/C19H27N5O/c1-15(2)12-17-13-18(22(3)21-17)19(25)24-10-8-23(9-11-24)14-16-4-6-20-7-5-16/h4-7,13,15H,8-12,14H2,1-3H3. The quantitative estimate of drug-likeness (QED) is 0.834. The van der Waals surface area contributed by atoms with Gasteiger partial charge in [-0.3, -0.25) is 19.4 Å². The zero-order valence-corrected chi connectivity index (χ0v) is 15.4. The summed E-state index contributed by atoms with van der Waals surface area (Å²) in [5.41, 5.74) is 2.95.